The maximum atomic E-state index is 11.9. The van der Waals surface area contributed by atoms with E-state index in [4.69, 9.17) is 5.21 Å². The summed E-state index contributed by atoms with van der Waals surface area (Å²) in [5.41, 5.74) is 1.58. The molecule has 5 heteroatoms. The lowest BCUT2D eigenvalue weighted by molar-refractivity contribution is -0.130. The minimum absolute atomic E-state index is 0.124. The molecule has 0 aromatic rings. The van der Waals surface area contributed by atoms with Crippen LogP contribution in [0.1, 0.15) is 58.3 Å². The molecule has 0 aromatic heterocycles. The fourth-order valence-electron chi connectivity index (χ4n) is 2.78. The summed E-state index contributed by atoms with van der Waals surface area (Å²) in [5.74, 6) is 0.677. The van der Waals surface area contributed by atoms with Crippen molar-refractivity contribution in [3.63, 3.8) is 0 Å². The number of carbonyl (C=O) groups excluding carboxylic acids is 2. The number of hydroxylamine groups is 1. The van der Waals surface area contributed by atoms with Gasteiger partial charge in [-0.1, -0.05) is 19.8 Å². The van der Waals surface area contributed by atoms with E-state index in [0.717, 1.165) is 18.8 Å². The third kappa shape index (κ3) is 6.05. The van der Waals surface area contributed by atoms with Gasteiger partial charge in [0.05, 0.1) is 0 Å². The quantitative estimate of drug-likeness (QED) is 0.376. The average Bonchev–Trinajstić information content (AvgIpc) is 2.44. The third-order valence-electron chi connectivity index (χ3n) is 3.92. The SMILES string of the molecule is CCCC1CCC(C(=O)NCCCC(=O)NO)CC1. The van der Waals surface area contributed by atoms with Gasteiger partial charge in [-0.15, -0.1) is 0 Å². The van der Waals surface area contributed by atoms with Crippen molar-refractivity contribution in [3.8, 4) is 0 Å². The molecule has 5 nitrogen and oxygen atoms in total. The second-order valence-corrected chi connectivity index (χ2v) is 5.44. The molecule has 0 spiro atoms. The van der Waals surface area contributed by atoms with Crippen molar-refractivity contribution in [3.05, 3.63) is 0 Å². The molecule has 1 aliphatic rings. The highest BCUT2D eigenvalue weighted by Gasteiger charge is 2.25. The van der Waals surface area contributed by atoms with Gasteiger partial charge >= 0.3 is 0 Å². The van der Waals surface area contributed by atoms with Gasteiger partial charge in [-0.3, -0.25) is 14.8 Å². The van der Waals surface area contributed by atoms with E-state index in [-0.39, 0.29) is 18.2 Å². The average molecular weight is 270 g/mol. The molecule has 1 saturated carbocycles. The first-order valence-electron chi connectivity index (χ1n) is 7.38. The van der Waals surface area contributed by atoms with Crippen LogP contribution in [0.15, 0.2) is 0 Å². The Morgan fingerprint density at radius 1 is 1.21 bits per heavy atom. The molecule has 19 heavy (non-hydrogen) atoms. The zero-order valence-corrected chi connectivity index (χ0v) is 11.8. The maximum Gasteiger partial charge on any atom is 0.243 e. The van der Waals surface area contributed by atoms with E-state index in [1.807, 2.05) is 0 Å². The molecule has 110 valence electrons. The zero-order chi connectivity index (χ0) is 14.1. The van der Waals surface area contributed by atoms with Gasteiger partial charge in [0.15, 0.2) is 0 Å². The molecule has 0 aliphatic heterocycles. The van der Waals surface area contributed by atoms with Crippen molar-refractivity contribution in [1.29, 1.82) is 0 Å². The van der Waals surface area contributed by atoms with Gasteiger partial charge in [0.1, 0.15) is 0 Å². The van der Waals surface area contributed by atoms with Crippen molar-refractivity contribution in [2.75, 3.05) is 6.54 Å². The molecule has 0 heterocycles. The molecule has 0 atom stereocenters. The zero-order valence-electron chi connectivity index (χ0n) is 11.8. The Labute approximate surface area is 115 Å². The summed E-state index contributed by atoms with van der Waals surface area (Å²) in [5, 5.41) is 11.2. The first kappa shape index (κ1) is 16.0. The Kier molecular flexibility index (Phi) is 7.48. The largest absolute Gasteiger partial charge is 0.356 e. The lowest BCUT2D eigenvalue weighted by atomic mass is 9.80. The molecule has 0 bridgehead atoms. The van der Waals surface area contributed by atoms with Crippen molar-refractivity contribution in [1.82, 2.24) is 10.8 Å². The third-order valence-corrected chi connectivity index (χ3v) is 3.92. The predicted molar refractivity (Wildman–Crippen MR) is 72.5 cm³/mol. The lowest BCUT2D eigenvalue weighted by Gasteiger charge is -2.27. The summed E-state index contributed by atoms with van der Waals surface area (Å²) in [6.45, 7) is 2.71. The van der Waals surface area contributed by atoms with Crippen molar-refractivity contribution >= 4 is 11.8 Å². The van der Waals surface area contributed by atoms with Gasteiger partial charge in [0.25, 0.3) is 0 Å². The number of hydrogen-bond donors (Lipinski definition) is 3. The Morgan fingerprint density at radius 3 is 2.47 bits per heavy atom. The van der Waals surface area contributed by atoms with Crippen molar-refractivity contribution < 1.29 is 14.8 Å². The van der Waals surface area contributed by atoms with E-state index < -0.39 is 5.91 Å². The van der Waals surface area contributed by atoms with Gasteiger partial charge in [-0.05, 0) is 38.0 Å². The summed E-state index contributed by atoms with van der Waals surface area (Å²) >= 11 is 0. The summed E-state index contributed by atoms with van der Waals surface area (Å²) in [4.78, 5) is 22.7. The van der Waals surface area contributed by atoms with Crippen LogP contribution in [0.25, 0.3) is 0 Å². The predicted octanol–water partition coefficient (Wildman–Crippen LogP) is 1.99. The Hall–Kier alpha value is -1.10. The summed E-state index contributed by atoms with van der Waals surface area (Å²) in [6.07, 6.45) is 7.63. The summed E-state index contributed by atoms with van der Waals surface area (Å²) in [7, 11) is 0. The van der Waals surface area contributed by atoms with Crippen LogP contribution in [0.4, 0.5) is 0 Å². The second kappa shape index (κ2) is 8.91. The molecule has 3 N–H and O–H groups in total. The van der Waals surface area contributed by atoms with E-state index in [0.29, 0.717) is 13.0 Å². The Bertz CT molecular complexity index is 286. The van der Waals surface area contributed by atoms with Crippen molar-refractivity contribution in [2.45, 2.75) is 58.3 Å². The number of carbonyl (C=O) groups is 2. The fourth-order valence-corrected chi connectivity index (χ4v) is 2.78. The van der Waals surface area contributed by atoms with Gasteiger partial charge in [-0.2, -0.15) is 0 Å². The van der Waals surface area contributed by atoms with E-state index in [9.17, 15) is 9.59 Å². The Balaban J connectivity index is 2.12. The maximum absolute atomic E-state index is 11.9. The van der Waals surface area contributed by atoms with Crippen LogP contribution in [0.5, 0.6) is 0 Å². The van der Waals surface area contributed by atoms with Gasteiger partial charge in [0, 0.05) is 18.9 Å². The highest BCUT2D eigenvalue weighted by Crippen LogP contribution is 2.31. The molecule has 2 amide bonds. The van der Waals surface area contributed by atoms with Gasteiger partial charge < -0.3 is 5.32 Å². The lowest BCUT2D eigenvalue weighted by Crippen LogP contribution is -2.34. The Morgan fingerprint density at radius 2 is 1.89 bits per heavy atom. The standard InChI is InChI=1S/C14H26N2O3/c1-2-4-11-6-8-12(9-7-11)14(18)15-10-3-5-13(17)16-19/h11-12,19H,2-10H2,1H3,(H,15,18)(H,16,17). The number of nitrogens with one attached hydrogen (secondary N) is 2. The minimum atomic E-state index is -0.408. The van der Waals surface area contributed by atoms with Crippen LogP contribution in [0.2, 0.25) is 0 Å². The van der Waals surface area contributed by atoms with Crippen LogP contribution in [-0.4, -0.2) is 23.6 Å². The molecular weight excluding hydrogens is 244 g/mol. The topological polar surface area (TPSA) is 78.4 Å². The van der Waals surface area contributed by atoms with Gasteiger partial charge in [-0.25, -0.2) is 5.48 Å². The molecule has 1 aliphatic carbocycles. The highest BCUT2D eigenvalue weighted by atomic mass is 16.5. The van der Waals surface area contributed by atoms with Gasteiger partial charge in [0.2, 0.25) is 11.8 Å². The number of amides is 2. The normalized spacial score (nSPS) is 22.8. The van der Waals surface area contributed by atoms with E-state index >= 15 is 0 Å². The molecular formula is C14H26N2O3. The molecule has 0 saturated heterocycles. The molecule has 0 unspecified atom stereocenters. The van der Waals surface area contributed by atoms with Crippen LogP contribution >= 0.6 is 0 Å². The molecule has 1 rings (SSSR count). The van der Waals surface area contributed by atoms with E-state index in [1.165, 1.54) is 25.7 Å². The molecule has 0 aromatic carbocycles. The summed E-state index contributed by atoms with van der Waals surface area (Å²) < 4.78 is 0. The van der Waals surface area contributed by atoms with E-state index in [1.54, 1.807) is 5.48 Å². The van der Waals surface area contributed by atoms with Crippen LogP contribution < -0.4 is 10.8 Å². The molecule has 1 fully saturated rings. The monoisotopic (exact) mass is 270 g/mol. The summed E-state index contributed by atoms with van der Waals surface area (Å²) in [6, 6.07) is 0. The first-order valence-corrected chi connectivity index (χ1v) is 7.38. The van der Waals surface area contributed by atoms with E-state index in [2.05, 4.69) is 12.2 Å². The van der Waals surface area contributed by atoms with Crippen molar-refractivity contribution in [2.24, 2.45) is 11.8 Å². The van der Waals surface area contributed by atoms with Crippen LogP contribution in [-0.2, 0) is 9.59 Å². The van der Waals surface area contributed by atoms with Crippen LogP contribution in [0.3, 0.4) is 0 Å². The highest BCUT2D eigenvalue weighted by molar-refractivity contribution is 5.78. The minimum Gasteiger partial charge on any atom is -0.356 e. The number of hydrogen-bond acceptors (Lipinski definition) is 3. The van der Waals surface area contributed by atoms with Crippen LogP contribution in [0, 0.1) is 11.8 Å². The number of rotatable bonds is 7. The smallest absolute Gasteiger partial charge is 0.243 e. The first-order chi connectivity index (χ1) is 9.17. The molecule has 0 radical (unpaired) electrons. The second-order valence-electron chi connectivity index (χ2n) is 5.44. The fraction of sp³-hybridized carbons (Fsp3) is 0.857.